The van der Waals surface area contributed by atoms with Crippen molar-refractivity contribution in [2.45, 2.75) is 108 Å². The minimum atomic E-state index is 0.0693. The number of hydrogen-bond donors (Lipinski definition) is 0. The van der Waals surface area contributed by atoms with Crippen molar-refractivity contribution >= 4 is 15.9 Å². The van der Waals surface area contributed by atoms with E-state index >= 15 is 0 Å². The van der Waals surface area contributed by atoms with Gasteiger partial charge in [0.05, 0.1) is 6.07 Å². The van der Waals surface area contributed by atoms with Crippen LogP contribution in [-0.4, -0.2) is 4.83 Å². The molecule has 0 rings (SSSR count). The first-order valence-electron chi connectivity index (χ1n) is 8.85. The van der Waals surface area contributed by atoms with Gasteiger partial charge in [-0.2, -0.15) is 5.26 Å². The van der Waals surface area contributed by atoms with Crippen LogP contribution in [0.4, 0.5) is 0 Å². The molecular formula is C18H34BrN. The van der Waals surface area contributed by atoms with Crippen LogP contribution in [0.1, 0.15) is 103 Å². The minimum absolute atomic E-state index is 0.0693. The number of rotatable bonds is 15. The van der Waals surface area contributed by atoms with E-state index in [-0.39, 0.29) is 4.83 Å². The highest BCUT2D eigenvalue weighted by Gasteiger charge is 2.00. The molecule has 0 aromatic carbocycles. The molecular weight excluding hydrogens is 310 g/mol. The number of unbranched alkanes of at least 4 members (excludes halogenated alkanes) is 13. The van der Waals surface area contributed by atoms with Crippen LogP contribution in [-0.2, 0) is 0 Å². The maximum absolute atomic E-state index is 8.64. The van der Waals surface area contributed by atoms with Gasteiger partial charge in [0.2, 0.25) is 0 Å². The molecule has 0 spiro atoms. The van der Waals surface area contributed by atoms with E-state index in [0.29, 0.717) is 0 Å². The Morgan fingerprint density at radius 2 is 1.05 bits per heavy atom. The number of nitriles is 1. The van der Waals surface area contributed by atoms with E-state index in [1.807, 2.05) is 0 Å². The van der Waals surface area contributed by atoms with Gasteiger partial charge >= 0.3 is 0 Å². The molecule has 0 fully saturated rings. The molecule has 0 bridgehead atoms. The van der Waals surface area contributed by atoms with Crippen LogP contribution in [0, 0.1) is 11.3 Å². The Hall–Kier alpha value is -0.0300. The summed E-state index contributed by atoms with van der Waals surface area (Å²) in [4.78, 5) is 0.0693. The fourth-order valence-electron chi connectivity index (χ4n) is 2.58. The third-order valence-corrected chi connectivity index (χ3v) is 4.61. The molecule has 0 amide bonds. The zero-order chi connectivity index (χ0) is 14.9. The number of hydrogen-bond acceptors (Lipinski definition) is 1. The topological polar surface area (TPSA) is 23.8 Å². The summed E-state index contributed by atoms with van der Waals surface area (Å²) in [6.45, 7) is 2.28. The van der Waals surface area contributed by atoms with E-state index in [9.17, 15) is 0 Å². The van der Waals surface area contributed by atoms with E-state index in [4.69, 9.17) is 5.26 Å². The molecule has 0 heterocycles. The van der Waals surface area contributed by atoms with Crippen molar-refractivity contribution in [3.05, 3.63) is 0 Å². The molecule has 1 nitrogen and oxygen atoms in total. The van der Waals surface area contributed by atoms with Gasteiger partial charge in [-0.05, 0) is 6.42 Å². The molecule has 0 saturated heterocycles. The summed E-state index contributed by atoms with van der Waals surface area (Å²) in [6, 6.07) is 2.23. The molecule has 0 N–H and O–H groups in total. The van der Waals surface area contributed by atoms with Crippen molar-refractivity contribution in [3.63, 3.8) is 0 Å². The monoisotopic (exact) mass is 343 g/mol. The van der Waals surface area contributed by atoms with Crippen LogP contribution in [0.25, 0.3) is 0 Å². The highest BCUT2D eigenvalue weighted by atomic mass is 79.9. The SMILES string of the molecule is CCCCCCCCCCCCCCCCC(Br)C#N. The molecule has 0 aromatic heterocycles. The fourth-order valence-corrected chi connectivity index (χ4v) is 2.91. The van der Waals surface area contributed by atoms with E-state index in [2.05, 4.69) is 28.9 Å². The lowest BCUT2D eigenvalue weighted by molar-refractivity contribution is 0.533. The summed E-state index contributed by atoms with van der Waals surface area (Å²) in [7, 11) is 0. The summed E-state index contributed by atoms with van der Waals surface area (Å²) < 4.78 is 0. The summed E-state index contributed by atoms with van der Waals surface area (Å²) in [5.74, 6) is 0. The van der Waals surface area contributed by atoms with Crippen LogP contribution in [0.15, 0.2) is 0 Å². The highest BCUT2D eigenvalue weighted by molar-refractivity contribution is 9.09. The van der Waals surface area contributed by atoms with Gasteiger partial charge in [-0.1, -0.05) is 113 Å². The molecule has 118 valence electrons. The predicted molar refractivity (Wildman–Crippen MR) is 93.3 cm³/mol. The second kappa shape index (κ2) is 17.0. The van der Waals surface area contributed by atoms with Crippen LogP contribution in [0.5, 0.6) is 0 Å². The largest absolute Gasteiger partial charge is 0.197 e. The second-order valence-electron chi connectivity index (χ2n) is 5.98. The Balaban J connectivity index is 2.98. The summed E-state index contributed by atoms with van der Waals surface area (Å²) in [5.41, 5.74) is 0. The molecule has 0 saturated carbocycles. The maximum atomic E-state index is 8.64. The molecule has 0 aliphatic heterocycles. The van der Waals surface area contributed by atoms with E-state index in [1.165, 1.54) is 89.9 Å². The van der Waals surface area contributed by atoms with E-state index in [0.717, 1.165) is 6.42 Å². The lowest BCUT2D eigenvalue weighted by Gasteiger charge is -2.03. The smallest absolute Gasteiger partial charge is 0.101 e. The third-order valence-electron chi connectivity index (χ3n) is 3.95. The van der Waals surface area contributed by atoms with Gasteiger partial charge in [0, 0.05) is 0 Å². The van der Waals surface area contributed by atoms with Gasteiger partial charge < -0.3 is 0 Å². The molecule has 0 aliphatic carbocycles. The van der Waals surface area contributed by atoms with Gasteiger partial charge in [-0.15, -0.1) is 0 Å². The summed E-state index contributed by atoms with van der Waals surface area (Å²) >= 11 is 3.35. The standard InChI is InChI=1S/C18H34BrN/c1-2-3-4-5-6-7-8-9-10-11-12-13-14-15-16-18(19)17-20/h18H,2-16H2,1H3. The molecule has 0 aromatic rings. The van der Waals surface area contributed by atoms with Gasteiger partial charge in [-0.25, -0.2) is 0 Å². The molecule has 2 heteroatoms. The number of nitrogens with zero attached hydrogens (tertiary/aromatic N) is 1. The second-order valence-corrected chi connectivity index (χ2v) is 7.09. The highest BCUT2D eigenvalue weighted by Crippen LogP contribution is 2.14. The molecule has 1 unspecified atom stereocenters. The summed E-state index contributed by atoms with van der Waals surface area (Å²) in [6.07, 6.45) is 20.5. The lowest BCUT2D eigenvalue weighted by Crippen LogP contribution is -1.92. The van der Waals surface area contributed by atoms with E-state index < -0.39 is 0 Å². The number of halogens is 1. The van der Waals surface area contributed by atoms with Crippen molar-refractivity contribution in [3.8, 4) is 6.07 Å². The quantitative estimate of drug-likeness (QED) is 0.229. The first kappa shape index (κ1) is 20.0. The van der Waals surface area contributed by atoms with Crippen molar-refractivity contribution in [2.75, 3.05) is 0 Å². The van der Waals surface area contributed by atoms with Crippen molar-refractivity contribution in [1.82, 2.24) is 0 Å². The Morgan fingerprint density at radius 1 is 0.700 bits per heavy atom. The number of alkyl halides is 1. The first-order valence-corrected chi connectivity index (χ1v) is 9.76. The normalized spacial score (nSPS) is 12.2. The van der Waals surface area contributed by atoms with Gasteiger partial charge in [0.15, 0.2) is 0 Å². The van der Waals surface area contributed by atoms with Crippen molar-refractivity contribution < 1.29 is 0 Å². The van der Waals surface area contributed by atoms with Gasteiger partial charge in [0.25, 0.3) is 0 Å². The first-order chi connectivity index (χ1) is 9.81. The fraction of sp³-hybridized carbons (Fsp3) is 0.944. The zero-order valence-electron chi connectivity index (χ0n) is 13.5. The Labute approximate surface area is 135 Å². The van der Waals surface area contributed by atoms with Crippen molar-refractivity contribution in [1.29, 1.82) is 5.26 Å². The van der Waals surface area contributed by atoms with Crippen LogP contribution in [0.2, 0.25) is 0 Å². The third kappa shape index (κ3) is 16.0. The zero-order valence-corrected chi connectivity index (χ0v) is 15.1. The van der Waals surface area contributed by atoms with Crippen LogP contribution >= 0.6 is 15.9 Å². The molecule has 0 radical (unpaired) electrons. The maximum Gasteiger partial charge on any atom is 0.101 e. The van der Waals surface area contributed by atoms with Crippen molar-refractivity contribution in [2.24, 2.45) is 0 Å². The average molecular weight is 344 g/mol. The van der Waals surface area contributed by atoms with Gasteiger partial charge in [-0.3, -0.25) is 0 Å². The Bertz CT molecular complexity index is 222. The summed E-state index contributed by atoms with van der Waals surface area (Å²) in [5, 5.41) is 8.64. The van der Waals surface area contributed by atoms with Gasteiger partial charge in [0.1, 0.15) is 4.83 Å². The van der Waals surface area contributed by atoms with Crippen LogP contribution < -0.4 is 0 Å². The Kier molecular flexibility index (Phi) is 17.0. The van der Waals surface area contributed by atoms with E-state index in [1.54, 1.807) is 0 Å². The average Bonchev–Trinajstić information content (AvgIpc) is 2.47. The van der Waals surface area contributed by atoms with Crippen LogP contribution in [0.3, 0.4) is 0 Å². The lowest BCUT2D eigenvalue weighted by atomic mass is 10.0. The minimum Gasteiger partial charge on any atom is -0.197 e. The Morgan fingerprint density at radius 3 is 1.40 bits per heavy atom. The molecule has 20 heavy (non-hydrogen) atoms. The molecule has 0 aliphatic rings. The molecule has 1 atom stereocenters. The predicted octanol–water partition coefficient (Wildman–Crippen LogP) is 7.14.